The molecule has 0 bridgehead atoms. The summed E-state index contributed by atoms with van der Waals surface area (Å²) in [6.45, 7) is 3.20. The number of sulfonamides is 1. The third-order valence-electron chi connectivity index (χ3n) is 4.41. The van der Waals surface area contributed by atoms with Crippen molar-refractivity contribution in [1.29, 1.82) is 0 Å². The summed E-state index contributed by atoms with van der Waals surface area (Å²) in [7, 11) is -3.59. The smallest absolute Gasteiger partial charge is 0.269 e. The van der Waals surface area contributed by atoms with E-state index in [4.69, 9.17) is 11.6 Å². The number of anilines is 1. The first-order valence-electron chi connectivity index (χ1n) is 8.06. The number of piperazine rings is 1. The minimum atomic E-state index is -3.59. The SMILES string of the molecule is CC1CN(c2ccc([N+](=O)[O-])cc2)CCN1S(=O)(=O)c1ccc(Cl)cc1. The number of nitro groups is 1. The van der Waals surface area contributed by atoms with E-state index in [-0.39, 0.29) is 16.6 Å². The Morgan fingerprint density at radius 3 is 2.23 bits per heavy atom. The summed E-state index contributed by atoms with van der Waals surface area (Å²) in [6.07, 6.45) is 0. The first-order valence-corrected chi connectivity index (χ1v) is 9.87. The molecule has 1 aliphatic heterocycles. The molecular formula is C17H18ClN3O4S. The van der Waals surface area contributed by atoms with Gasteiger partial charge in [0.2, 0.25) is 10.0 Å². The van der Waals surface area contributed by atoms with Gasteiger partial charge >= 0.3 is 0 Å². The Balaban J connectivity index is 1.75. The van der Waals surface area contributed by atoms with E-state index in [0.29, 0.717) is 24.7 Å². The van der Waals surface area contributed by atoms with Gasteiger partial charge in [0.05, 0.1) is 9.82 Å². The lowest BCUT2D eigenvalue weighted by Crippen LogP contribution is -2.54. The normalized spacial score (nSPS) is 18.7. The zero-order chi connectivity index (χ0) is 18.9. The molecule has 1 saturated heterocycles. The zero-order valence-corrected chi connectivity index (χ0v) is 15.7. The Bertz CT molecular complexity index is 901. The second-order valence-electron chi connectivity index (χ2n) is 6.14. The molecule has 138 valence electrons. The van der Waals surface area contributed by atoms with Crippen LogP contribution in [0, 0.1) is 10.1 Å². The average molecular weight is 396 g/mol. The molecule has 1 aliphatic rings. The lowest BCUT2D eigenvalue weighted by Gasteiger charge is -2.40. The Morgan fingerprint density at radius 1 is 1.08 bits per heavy atom. The average Bonchev–Trinajstić information content (AvgIpc) is 2.62. The summed E-state index contributed by atoms with van der Waals surface area (Å²) in [5.74, 6) is 0. The summed E-state index contributed by atoms with van der Waals surface area (Å²) in [5.41, 5.74) is 0.872. The van der Waals surface area contributed by atoms with E-state index in [1.807, 2.05) is 11.8 Å². The van der Waals surface area contributed by atoms with Crippen LogP contribution in [0.25, 0.3) is 0 Å². The van der Waals surface area contributed by atoms with Gasteiger partial charge in [0.1, 0.15) is 0 Å². The molecule has 1 heterocycles. The van der Waals surface area contributed by atoms with Crippen LogP contribution in [0.4, 0.5) is 11.4 Å². The number of hydrogen-bond donors (Lipinski definition) is 0. The van der Waals surface area contributed by atoms with Crippen molar-refractivity contribution in [3.63, 3.8) is 0 Å². The molecule has 0 aliphatic carbocycles. The van der Waals surface area contributed by atoms with Crippen LogP contribution in [0.5, 0.6) is 0 Å². The predicted molar refractivity (Wildman–Crippen MR) is 100 cm³/mol. The molecule has 0 spiro atoms. The Morgan fingerprint density at radius 2 is 1.69 bits per heavy atom. The van der Waals surface area contributed by atoms with Crippen molar-refractivity contribution in [2.45, 2.75) is 17.9 Å². The van der Waals surface area contributed by atoms with Crippen LogP contribution < -0.4 is 4.90 Å². The highest BCUT2D eigenvalue weighted by Crippen LogP contribution is 2.26. The number of rotatable bonds is 4. The Kier molecular flexibility index (Phi) is 5.17. The zero-order valence-electron chi connectivity index (χ0n) is 14.1. The van der Waals surface area contributed by atoms with Gasteiger partial charge in [-0.2, -0.15) is 4.31 Å². The van der Waals surface area contributed by atoms with Crippen LogP contribution in [-0.4, -0.2) is 43.3 Å². The molecule has 26 heavy (non-hydrogen) atoms. The fraction of sp³-hybridized carbons (Fsp3) is 0.294. The Labute approximate surface area is 157 Å². The Hall–Kier alpha value is -2.16. The van der Waals surface area contributed by atoms with Gasteiger partial charge in [0.25, 0.3) is 5.69 Å². The first kappa shape index (κ1) is 18.6. The minimum absolute atomic E-state index is 0.0331. The molecule has 9 heteroatoms. The van der Waals surface area contributed by atoms with Crippen LogP contribution in [0.3, 0.4) is 0 Å². The molecule has 7 nitrogen and oxygen atoms in total. The second kappa shape index (κ2) is 7.22. The molecule has 0 aromatic heterocycles. The molecular weight excluding hydrogens is 378 g/mol. The van der Waals surface area contributed by atoms with E-state index in [1.165, 1.54) is 28.6 Å². The summed E-state index contributed by atoms with van der Waals surface area (Å²) >= 11 is 5.84. The molecule has 1 unspecified atom stereocenters. The van der Waals surface area contributed by atoms with E-state index >= 15 is 0 Å². The van der Waals surface area contributed by atoms with Crippen molar-refractivity contribution < 1.29 is 13.3 Å². The van der Waals surface area contributed by atoms with Crippen molar-refractivity contribution in [2.75, 3.05) is 24.5 Å². The number of benzene rings is 2. The lowest BCUT2D eigenvalue weighted by atomic mass is 10.2. The van der Waals surface area contributed by atoms with Crippen molar-refractivity contribution in [1.82, 2.24) is 4.31 Å². The van der Waals surface area contributed by atoms with Gasteiger partial charge in [0.15, 0.2) is 0 Å². The molecule has 1 fully saturated rings. The molecule has 2 aromatic rings. The van der Waals surface area contributed by atoms with Gasteiger partial charge in [-0.05, 0) is 43.3 Å². The highest BCUT2D eigenvalue weighted by atomic mass is 35.5. The van der Waals surface area contributed by atoms with Gasteiger partial charge < -0.3 is 4.90 Å². The molecule has 0 amide bonds. The summed E-state index contributed by atoms with van der Waals surface area (Å²) in [6, 6.07) is 12.2. The predicted octanol–water partition coefficient (Wildman–Crippen LogP) is 3.15. The van der Waals surface area contributed by atoms with Gasteiger partial charge in [-0.15, -0.1) is 0 Å². The standard InChI is InChI=1S/C17H18ClN3O4S/c1-13-12-19(15-4-6-16(7-5-15)21(22)23)10-11-20(13)26(24,25)17-8-2-14(18)3-9-17/h2-9,13H,10-12H2,1H3. The van der Waals surface area contributed by atoms with Crippen molar-refractivity contribution >= 4 is 33.0 Å². The van der Waals surface area contributed by atoms with Gasteiger partial charge in [-0.3, -0.25) is 10.1 Å². The molecule has 2 aromatic carbocycles. The molecule has 1 atom stereocenters. The maximum Gasteiger partial charge on any atom is 0.269 e. The van der Waals surface area contributed by atoms with Crippen LogP contribution in [0.2, 0.25) is 5.02 Å². The van der Waals surface area contributed by atoms with Gasteiger partial charge in [0, 0.05) is 48.5 Å². The van der Waals surface area contributed by atoms with Crippen molar-refractivity contribution in [2.24, 2.45) is 0 Å². The van der Waals surface area contributed by atoms with Crippen LogP contribution in [-0.2, 0) is 10.0 Å². The summed E-state index contributed by atoms with van der Waals surface area (Å²) in [4.78, 5) is 12.6. The van der Waals surface area contributed by atoms with Crippen LogP contribution in [0.15, 0.2) is 53.4 Å². The van der Waals surface area contributed by atoms with E-state index in [9.17, 15) is 18.5 Å². The van der Waals surface area contributed by atoms with E-state index in [0.717, 1.165) is 5.69 Å². The van der Waals surface area contributed by atoms with Gasteiger partial charge in [-0.1, -0.05) is 11.6 Å². The van der Waals surface area contributed by atoms with Gasteiger partial charge in [-0.25, -0.2) is 8.42 Å². The quantitative estimate of drug-likeness (QED) is 0.586. The lowest BCUT2D eigenvalue weighted by molar-refractivity contribution is -0.384. The summed E-state index contributed by atoms with van der Waals surface area (Å²) in [5, 5.41) is 11.2. The number of halogens is 1. The maximum atomic E-state index is 12.9. The number of nitrogens with zero attached hydrogens (tertiary/aromatic N) is 3. The fourth-order valence-corrected chi connectivity index (χ4v) is 4.80. The monoisotopic (exact) mass is 395 g/mol. The molecule has 3 rings (SSSR count). The minimum Gasteiger partial charge on any atom is -0.369 e. The topological polar surface area (TPSA) is 83.8 Å². The van der Waals surface area contributed by atoms with Crippen LogP contribution >= 0.6 is 11.6 Å². The maximum absolute atomic E-state index is 12.9. The molecule has 0 saturated carbocycles. The highest BCUT2D eigenvalue weighted by Gasteiger charge is 2.33. The highest BCUT2D eigenvalue weighted by molar-refractivity contribution is 7.89. The van der Waals surface area contributed by atoms with E-state index < -0.39 is 14.9 Å². The summed E-state index contributed by atoms with van der Waals surface area (Å²) < 4.78 is 27.2. The number of hydrogen-bond acceptors (Lipinski definition) is 5. The van der Waals surface area contributed by atoms with Crippen LogP contribution in [0.1, 0.15) is 6.92 Å². The number of nitro benzene ring substituents is 1. The molecule has 0 radical (unpaired) electrons. The fourth-order valence-electron chi connectivity index (χ4n) is 3.06. The third kappa shape index (κ3) is 3.67. The largest absolute Gasteiger partial charge is 0.369 e. The third-order valence-corrected chi connectivity index (χ3v) is 6.69. The van der Waals surface area contributed by atoms with E-state index in [1.54, 1.807) is 24.3 Å². The van der Waals surface area contributed by atoms with Crippen molar-refractivity contribution in [3.8, 4) is 0 Å². The number of non-ortho nitro benzene ring substituents is 1. The van der Waals surface area contributed by atoms with Crippen molar-refractivity contribution in [3.05, 3.63) is 63.7 Å². The first-order chi connectivity index (χ1) is 12.3. The second-order valence-corrected chi connectivity index (χ2v) is 8.47. The molecule has 0 N–H and O–H groups in total. The van der Waals surface area contributed by atoms with E-state index in [2.05, 4.69) is 0 Å².